The molecule has 0 bridgehead atoms. The number of aryl methyl sites for hydroxylation is 2. The number of ether oxygens (including phenoxy) is 3. The molecule has 2 aromatic rings. The molecule has 1 aromatic heterocycles. The third-order valence-corrected chi connectivity index (χ3v) is 3.74. The molecule has 0 atom stereocenters. The number of nitrogens with zero attached hydrogens (tertiary/aromatic N) is 2. The number of rotatable bonds is 5. The van der Waals surface area contributed by atoms with E-state index >= 15 is 0 Å². The van der Waals surface area contributed by atoms with E-state index in [1.165, 1.54) is 26.0 Å². The van der Waals surface area contributed by atoms with Gasteiger partial charge in [-0.15, -0.1) is 0 Å². The summed E-state index contributed by atoms with van der Waals surface area (Å²) in [5, 5.41) is 7.16. The molecule has 0 saturated carbocycles. The van der Waals surface area contributed by atoms with Crippen LogP contribution in [0.2, 0.25) is 5.15 Å². The highest BCUT2D eigenvalue weighted by atomic mass is 35.5. The molecule has 0 fully saturated rings. The fourth-order valence-corrected chi connectivity index (χ4v) is 2.50. The summed E-state index contributed by atoms with van der Waals surface area (Å²) >= 11 is 6.11. The number of carbonyl (C=O) groups excluding carboxylic acids is 1. The van der Waals surface area contributed by atoms with Crippen LogP contribution in [0.15, 0.2) is 12.1 Å². The van der Waals surface area contributed by atoms with Crippen LogP contribution in [0.4, 0.5) is 5.69 Å². The number of nitrogens with one attached hydrogen (secondary N) is 1. The summed E-state index contributed by atoms with van der Waals surface area (Å²) in [5.74, 6) is 0.964. The average molecular weight is 340 g/mol. The third kappa shape index (κ3) is 3.19. The first-order valence-electron chi connectivity index (χ1n) is 6.73. The highest BCUT2D eigenvalue weighted by molar-refractivity contribution is 6.33. The summed E-state index contributed by atoms with van der Waals surface area (Å²) < 4.78 is 17.2. The minimum atomic E-state index is -0.366. The summed E-state index contributed by atoms with van der Waals surface area (Å²) in [6.45, 7) is 1.72. The zero-order valence-electron chi connectivity index (χ0n) is 13.6. The Balaban J connectivity index is 2.38. The molecule has 23 heavy (non-hydrogen) atoms. The predicted octanol–water partition coefficient (Wildman–Crippen LogP) is 2.66. The zero-order chi connectivity index (χ0) is 17.1. The van der Waals surface area contributed by atoms with E-state index in [4.69, 9.17) is 25.8 Å². The SMILES string of the molecule is COc1cc(NC(=O)c2c(C)nn(C)c2Cl)cc(OC)c1OC. The highest BCUT2D eigenvalue weighted by Crippen LogP contribution is 2.40. The number of hydrogen-bond acceptors (Lipinski definition) is 5. The first-order chi connectivity index (χ1) is 10.9. The van der Waals surface area contributed by atoms with Gasteiger partial charge in [-0.3, -0.25) is 9.48 Å². The van der Waals surface area contributed by atoms with Crippen molar-refractivity contribution >= 4 is 23.2 Å². The molecule has 8 heteroatoms. The Morgan fingerprint density at radius 1 is 1.17 bits per heavy atom. The lowest BCUT2D eigenvalue weighted by atomic mass is 10.2. The van der Waals surface area contributed by atoms with Crippen molar-refractivity contribution in [2.45, 2.75) is 6.92 Å². The molecular weight excluding hydrogens is 322 g/mol. The van der Waals surface area contributed by atoms with E-state index in [1.54, 1.807) is 26.1 Å². The standard InChI is InChI=1S/C15H18ClN3O4/c1-8-12(14(16)19(2)18-8)15(20)17-9-6-10(21-3)13(23-5)11(7-9)22-4/h6-7H,1-5H3,(H,17,20). The monoisotopic (exact) mass is 339 g/mol. The van der Waals surface area contributed by atoms with Crippen molar-refractivity contribution in [1.29, 1.82) is 0 Å². The van der Waals surface area contributed by atoms with Gasteiger partial charge in [0.15, 0.2) is 11.5 Å². The van der Waals surface area contributed by atoms with E-state index in [9.17, 15) is 4.79 Å². The third-order valence-electron chi connectivity index (χ3n) is 3.30. The van der Waals surface area contributed by atoms with Gasteiger partial charge in [0.2, 0.25) is 5.75 Å². The lowest BCUT2D eigenvalue weighted by Gasteiger charge is -2.14. The Kier molecular flexibility index (Phi) is 5.00. The van der Waals surface area contributed by atoms with Gasteiger partial charge >= 0.3 is 0 Å². The number of halogens is 1. The van der Waals surface area contributed by atoms with Crippen LogP contribution in [0.25, 0.3) is 0 Å². The van der Waals surface area contributed by atoms with Crippen LogP contribution in [0.1, 0.15) is 16.1 Å². The molecule has 1 amide bonds. The molecule has 0 aliphatic carbocycles. The second-order valence-corrected chi connectivity index (χ2v) is 5.10. The Hall–Kier alpha value is -2.41. The molecule has 2 rings (SSSR count). The van der Waals surface area contributed by atoms with E-state index in [-0.39, 0.29) is 11.1 Å². The number of benzene rings is 1. The summed E-state index contributed by atoms with van der Waals surface area (Å²) in [6.07, 6.45) is 0. The lowest BCUT2D eigenvalue weighted by molar-refractivity contribution is 0.102. The van der Waals surface area contributed by atoms with Crippen LogP contribution in [0, 0.1) is 6.92 Å². The molecule has 0 aliphatic rings. The second kappa shape index (κ2) is 6.78. The average Bonchev–Trinajstić information content (AvgIpc) is 2.78. The smallest absolute Gasteiger partial charge is 0.260 e. The molecule has 0 saturated heterocycles. The topological polar surface area (TPSA) is 74.6 Å². The lowest BCUT2D eigenvalue weighted by Crippen LogP contribution is -2.13. The molecule has 0 aliphatic heterocycles. The van der Waals surface area contributed by atoms with Crippen molar-refractivity contribution in [1.82, 2.24) is 9.78 Å². The minimum absolute atomic E-state index is 0.271. The molecule has 0 spiro atoms. The van der Waals surface area contributed by atoms with Crippen molar-refractivity contribution in [3.8, 4) is 17.2 Å². The van der Waals surface area contributed by atoms with E-state index in [2.05, 4.69) is 10.4 Å². The number of hydrogen-bond donors (Lipinski definition) is 1. The molecule has 124 valence electrons. The zero-order valence-corrected chi connectivity index (χ0v) is 14.3. The Bertz CT molecular complexity index is 718. The maximum Gasteiger partial charge on any atom is 0.260 e. The van der Waals surface area contributed by atoms with E-state index in [0.717, 1.165) is 0 Å². The quantitative estimate of drug-likeness (QED) is 0.906. The number of aromatic nitrogens is 2. The van der Waals surface area contributed by atoms with Gasteiger partial charge in [0, 0.05) is 24.9 Å². The highest BCUT2D eigenvalue weighted by Gasteiger charge is 2.20. The summed E-state index contributed by atoms with van der Waals surface area (Å²) in [5.41, 5.74) is 1.36. The van der Waals surface area contributed by atoms with Crippen LogP contribution in [-0.2, 0) is 7.05 Å². The van der Waals surface area contributed by atoms with Gasteiger partial charge in [0.25, 0.3) is 5.91 Å². The normalized spacial score (nSPS) is 10.3. The van der Waals surface area contributed by atoms with Gasteiger partial charge in [0.05, 0.1) is 32.6 Å². The van der Waals surface area contributed by atoms with Crippen molar-refractivity contribution in [3.05, 3.63) is 28.5 Å². The number of methoxy groups -OCH3 is 3. The largest absolute Gasteiger partial charge is 0.493 e. The summed E-state index contributed by atoms with van der Waals surface area (Å²) in [6, 6.07) is 3.28. The van der Waals surface area contributed by atoms with Crippen molar-refractivity contribution in [2.75, 3.05) is 26.6 Å². The number of anilines is 1. The van der Waals surface area contributed by atoms with Gasteiger partial charge in [-0.1, -0.05) is 11.6 Å². The first-order valence-corrected chi connectivity index (χ1v) is 7.11. The molecule has 7 nitrogen and oxygen atoms in total. The van der Waals surface area contributed by atoms with Gasteiger partial charge in [-0.05, 0) is 6.92 Å². The van der Waals surface area contributed by atoms with Crippen LogP contribution < -0.4 is 19.5 Å². The first kappa shape index (κ1) is 17.0. The maximum absolute atomic E-state index is 12.5. The summed E-state index contributed by atoms with van der Waals surface area (Å²) in [4.78, 5) is 12.5. The van der Waals surface area contributed by atoms with Crippen LogP contribution in [0.3, 0.4) is 0 Å². The van der Waals surface area contributed by atoms with Crippen molar-refractivity contribution < 1.29 is 19.0 Å². The Morgan fingerprint density at radius 3 is 2.13 bits per heavy atom. The Morgan fingerprint density at radius 2 is 1.74 bits per heavy atom. The maximum atomic E-state index is 12.5. The molecule has 0 unspecified atom stereocenters. The molecule has 1 aromatic carbocycles. The van der Waals surface area contributed by atoms with Crippen LogP contribution >= 0.6 is 11.6 Å². The number of amides is 1. The van der Waals surface area contributed by atoms with Gasteiger partial charge < -0.3 is 19.5 Å². The minimum Gasteiger partial charge on any atom is -0.493 e. The van der Waals surface area contributed by atoms with Gasteiger partial charge in [0.1, 0.15) is 5.15 Å². The van der Waals surface area contributed by atoms with Crippen molar-refractivity contribution in [2.24, 2.45) is 7.05 Å². The van der Waals surface area contributed by atoms with Crippen LogP contribution in [0.5, 0.6) is 17.2 Å². The van der Waals surface area contributed by atoms with Gasteiger partial charge in [-0.2, -0.15) is 5.10 Å². The Labute approximate surface area is 139 Å². The van der Waals surface area contributed by atoms with E-state index in [0.29, 0.717) is 34.2 Å². The van der Waals surface area contributed by atoms with E-state index < -0.39 is 0 Å². The summed E-state index contributed by atoms with van der Waals surface area (Å²) in [7, 11) is 6.19. The number of carbonyl (C=O) groups is 1. The second-order valence-electron chi connectivity index (χ2n) is 4.74. The molecule has 0 radical (unpaired) electrons. The fraction of sp³-hybridized carbons (Fsp3) is 0.333. The molecule has 1 N–H and O–H groups in total. The van der Waals surface area contributed by atoms with E-state index in [1.807, 2.05) is 0 Å². The van der Waals surface area contributed by atoms with Crippen LogP contribution in [-0.4, -0.2) is 37.0 Å². The van der Waals surface area contributed by atoms with Crippen molar-refractivity contribution in [3.63, 3.8) is 0 Å². The predicted molar refractivity (Wildman–Crippen MR) is 87.0 cm³/mol. The fourth-order valence-electron chi connectivity index (χ4n) is 2.23. The molecule has 1 heterocycles. The molecular formula is C15H18ClN3O4. The van der Waals surface area contributed by atoms with Gasteiger partial charge in [-0.25, -0.2) is 0 Å².